The van der Waals surface area contributed by atoms with Crippen molar-refractivity contribution < 1.29 is 101 Å². The largest absolute Gasteiger partial charge is 0.488 e. The standard InChI is InChI=1S/C19H17FN4O3.C18H15FN4O3.C13H11FN2O3.C12H9FN2O3.C7H8BFO3.C6H5ClN2O2.C6H8N2O/c1-24-18(21-7-6-19(24)27)5-4-17(26)16-9-15(22-11-23-16)12-2-3-14(20)13(8-12)10-25;19-13-2-1-11(7-12(13)9-24)14-8-15(22-10-21-14)16(25)3-4-17-20-6-5-18(26)23-17;1-19-13(18)12-5-11(15-7-16-12)8-2-3-10(14)9(4-8)6-17;13-9-2-1-7(3-8(9)5-16)10-4-11(12(17)18)15-6-14-10;9-7-2-1-6(8(11)12)3-5(7)4-10;1-11-6(10)4-2-5(7)9-3-8-4;7-4-5-3-6(9)1-2-8-5/h2-3,6-9,11,25H,4-5,10H2,1H3;1-2,5-8,10,24H,3-4,9H2,(H,20,23,26);2-5,7,17H,6H2,1H3;1-4,6,16H,5H2,(H,17,18);1-3,10-12H,4H2;2-3H,1H3;1-2H,3-4,7H2. The molecule has 0 amide bonds. The highest BCUT2D eigenvalue weighted by Gasteiger charge is 2.19. The third kappa shape index (κ3) is 28.8. The van der Waals surface area contributed by atoms with Gasteiger partial charge in [0.2, 0.25) is 0 Å². The highest BCUT2D eigenvalue weighted by molar-refractivity contribution is 6.58. The van der Waals surface area contributed by atoms with Crippen molar-refractivity contribution >= 4 is 65.2 Å². The Hall–Kier alpha value is -14.2. The minimum Gasteiger partial charge on any atom is -0.477 e. The van der Waals surface area contributed by atoms with E-state index < -0.39 is 87.1 Å². The summed E-state index contributed by atoms with van der Waals surface area (Å²) >= 11 is 5.49. The lowest BCUT2D eigenvalue weighted by atomic mass is 9.79. The molecule has 41 heteroatoms. The van der Waals surface area contributed by atoms with E-state index in [4.69, 9.17) is 47.8 Å². The first-order valence-electron chi connectivity index (χ1n) is 35.6. The van der Waals surface area contributed by atoms with E-state index >= 15 is 0 Å². The van der Waals surface area contributed by atoms with E-state index in [1.165, 1.54) is 196 Å². The van der Waals surface area contributed by atoms with E-state index in [1.807, 2.05) is 0 Å². The number of ketones is 3. The number of aryl methyl sites for hydroxylation is 2. The number of carboxylic acid groups (broad SMARTS) is 1. The molecule has 0 bridgehead atoms. The first-order chi connectivity index (χ1) is 58.5. The van der Waals surface area contributed by atoms with Crippen LogP contribution in [0.2, 0.25) is 5.15 Å². The number of carboxylic acids is 1. The van der Waals surface area contributed by atoms with Crippen LogP contribution in [-0.4, -0.2) is 179 Å². The van der Waals surface area contributed by atoms with Gasteiger partial charge in [0.15, 0.2) is 34.4 Å². The second-order valence-corrected chi connectivity index (χ2v) is 25.1. The van der Waals surface area contributed by atoms with E-state index in [2.05, 4.69) is 79.3 Å². The quantitative estimate of drug-likeness (QED) is 0.0119. The molecule has 0 spiro atoms. The molecule has 1 aliphatic rings. The predicted octanol–water partition coefficient (Wildman–Crippen LogP) is 6.18. The number of benzene rings is 5. The predicted molar refractivity (Wildman–Crippen MR) is 427 cm³/mol. The van der Waals surface area contributed by atoms with Crippen LogP contribution in [0.15, 0.2) is 204 Å². The summed E-state index contributed by atoms with van der Waals surface area (Å²) in [5, 5.41) is 71.4. The fraction of sp³-hybridized carbons (Fsp3) is 0.173. The van der Waals surface area contributed by atoms with Crippen molar-refractivity contribution in [2.45, 2.75) is 65.1 Å². The number of aromatic amines is 1. The molecular weight excluding hydrogens is 1630 g/mol. The molecule has 7 aromatic heterocycles. The SMILES string of the molecule is COC(=O)c1cc(-c2ccc(F)c(CO)c2)ncn1.COC(=O)c1cc(Cl)ncn1.Cn1c(CCC(=O)c2cc(-c3ccc(F)c(CO)c3)ncn2)nccc1=O.NCC1=NC=CC(=O)C1.O=C(CCc1nccc(=O)[nH]1)c1cc(-c2ccc(F)c(CO)c2)ncn1.O=C(O)c1cc(-c2ccc(F)c(CO)c2)ncn1.OCc1cc(B(O)O)ccc1F. The molecule has 5 aromatic carbocycles. The Morgan fingerprint density at radius 2 is 0.869 bits per heavy atom. The number of nitrogens with zero attached hydrogens (tertiary/aromatic N) is 14. The van der Waals surface area contributed by atoms with Crippen molar-refractivity contribution in [3.8, 4) is 45.0 Å². The number of carbonyl (C=O) groups is 6. The third-order valence-electron chi connectivity index (χ3n) is 16.6. The molecule has 122 heavy (non-hydrogen) atoms. The smallest absolute Gasteiger partial charge is 0.477 e. The molecule has 0 radical (unpaired) electrons. The van der Waals surface area contributed by atoms with E-state index in [9.17, 15) is 70.5 Å². The highest BCUT2D eigenvalue weighted by Crippen LogP contribution is 2.26. The number of rotatable bonds is 22. The van der Waals surface area contributed by atoms with Gasteiger partial charge in [-0.15, -0.1) is 0 Å². The second kappa shape index (κ2) is 48.0. The van der Waals surface area contributed by atoms with Crippen LogP contribution in [0.3, 0.4) is 0 Å². The number of Topliss-reactive ketones (excluding diaryl/α,β-unsaturated/α-hetero) is 2. The van der Waals surface area contributed by atoms with Gasteiger partial charge in [0.1, 0.15) is 88.9 Å². The van der Waals surface area contributed by atoms with Gasteiger partial charge in [-0.05, 0) is 115 Å². The Bertz CT molecular complexity index is 5880. The number of esters is 2. The van der Waals surface area contributed by atoms with Crippen molar-refractivity contribution in [1.29, 1.82) is 0 Å². The Morgan fingerprint density at radius 3 is 1.26 bits per heavy atom. The van der Waals surface area contributed by atoms with Gasteiger partial charge < -0.3 is 60.9 Å². The average molecular weight is 1700 g/mol. The van der Waals surface area contributed by atoms with Crippen LogP contribution in [-0.2, 0) is 67.2 Å². The van der Waals surface area contributed by atoms with Crippen LogP contribution in [0, 0.1) is 29.1 Å². The Balaban J connectivity index is 0.000000202. The molecule has 13 rings (SSSR count). The third-order valence-corrected chi connectivity index (χ3v) is 16.9. The number of nitrogens with one attached hydrogen (secondary N) is 1. The maximum atomic E-state index is 13.5. The number of aliphatic hydroxyl groups is 5. The number of carbonyl (C=O) groups excluding carboxylic acids is 5. The van der Waals surface area contributed by atoms with E-state index in [0.29, 0.717) is 76.1 Å². The van der Waals surface area contributed by atoms with E-state index in [1.54, 1.807) is 7.05 Å². The number of ether oxygens (including phenoxy) is 2. The summed E-state index contributed by atoms with van der Waals surface area (Å²) in [6.07, 6.45) is 13.1. The molecule has 0 saturated carbocycles. The number of methoxy groups -OCH3 is 2. The molecule has 34 nitrogen and oxygen atoms in total. The number of hydrogen-bond donors (Lipinski definition) is 10. The average Bonchev–Trinajstić information content (AvgIpc) is 0.830. The molecule has 0 atom stereocenters. The number of halogens is 6. The van der Waals surface area contributed by atoms with Crippen molar-refractivity contribution in [2.75, 3.05) is 20.8 Å². The highest BCUT2D eigenvalue weighted by atomic mass is 35.5. The van der Waals surface area contributed by atoms with Crippen LogP contribution in [0.25, 0.3) is 45.0 Å². The summed E-state index contributed by atoms with van der Waals surface area (Å²) in [5.74, 6) is -4.27. The molecular formula is C81H73BClF5N16O18. The van der Waals surface area contributed by atoms with Crippen LogP contribution in [0.1, 0.15) is 111 Å². The van der Waals surface area contributed by atoms with Gasteiger partial charge in [-0.3, -0.25) is 33.5 Å². The molecule has 0 saturated heterocycles. The number of allylic oxidation sites excluding steroid dienone is 1. The van der Waals surface area contributed by atoms with E-state index in [0.717, 1.165) is 18.1 Å². The van der Waals surface area contributed by atoms with Crippen molar-refractivity contribution in [3.05, 3.63) is 313 Å². The second-order valence-electron chi connectivity index (χ2n) is 24.8. The fourth-order valence-electron chi connectivity index (χ4n) is 10.2. The Labute approximate surface area is 693 Å². The van der Waals surface area contributed by atoms with Crippen LogP contribution in [0.4, 0.5) is 22.0 Å². The summed E-state index contributed by atoms with van der Waals surface area (Å²) in [5.41, 5.74) is 10.9. The number of aliphatic hydroxyl groups excluding tert-OH is 5. The zero-order valence-corrected chi connectivity index (χ0v) is 65.3. The number of H-pyrrole nitrogens is 1. The van der Waals surface area contributed by atoms with Gasteiger partial charge in [0.25, 0.3) is 11.1 Å². The Kier molecular flexibility index (Phi) is 37.3. The summed E-state index contributed by atoms with van der Waals surface area (Å²) < 4.78 is 76.6. The van der Waals surface area contributed by atoms with Crippen molar-refractivity contribution in [3.63, 3.8) is 0 Å². The molecule has 12 aromatic rings. The molecule has 8 heterocycles. The summed E-state index contributed by atoms with van der Waals surface area (Å²) in [6, 6.07) is 30.1. The first kappa shape index (κ1) is 94.9. The summed E-state index contributed by atoms with van der Waals surface area (Å²) in [7, 11) is 2.51. The fourth-order valence-corrected chi connectivity index (χ4v) is 10.3. The van der Waals surface area contributed by atoms with Gasteiger partial charge in [0, 0.05) is 132 Å². The van der Waals surface area contributed by atoms with Gasteiger partial charge in [-0.2, -0.15) is 0 Å². The lowest BCUT2D eigenvalue weighted by molar-refractivity contribution is -0.113. The molecule has 630 valence electrons. The molecule has 0 fully saturated rings. The zero-order valence-electron chi connectivity index (χ0n) is 64.5. The minimum absolute atomic E-state index is 0.0561. The van der Waals surface area contributed by atoms with Crippen LogP contribution in [0.5, 0.6) is 0 Å². The van der Waals surface area contributed by atoms with Gasteiger partial charge in [-0.1, -0.05) is 23.7 Å². The van der Waals surface area contributed by atoms with Crippen molar-refractivity contribution in [2.24, 2.45) is 17.8 Å². The molecule has 0 unspecified atom stereocenters. The monoisotopic (exact) mass is 1700 g/mol. The van der Waals surface area contributed by atoms with Gasteiger partial charge in [0.05, 0.1) is 76.5 Å². The number of aromatic carboxylic acids is 1. The zero-order chi connectivity index (χ0) is 89.0. The lowest BCUT2D eigenvalue weighted by Gasteiger charge is -2.07. The summed E-state index contributed by atoms with van der Waals surface area (Å²) in [4.78, 5) is 145. The molecule has 1 aliphatic heterocycles. The number of aromatic nitrogens is 14. The number of aliphatic imine (C=N–C) groups is 1. The van der Waals surface area contributed by atoms with Crippen LogP contribution >= 0.6 is 11.6 Å². The van der Waals surface area contributed by atoms with Gasteiger partial charge >= 0.3 is 25.0 Å². The van der Waals surface area contributed by atoms with Crippen LogP contribution < -0.4 is 22.3 Å². The lowest BCUT2D eigenvalue weighted by Crippen LogP contribution is -2.30. The maximum absolute atomic E-state index is 13.5. The van der Waals surface area contributed by atoms with Gasteiger partial charge in [-0.25, -0.2) is 96.1 Å². The Morgan fingerprint density at radius 1 is 0.484 bits per heavy atom. The maximum Gasteiger partial charge on any atom is 0.488 e. The first-order valence-corrected chi connectivity index (χ1v) is 36.0. The number of hydrogen-bond acceptors (Lipinski definition) is 31. The normalized spacial score (nSPS) is 10.9. The van der Waals surface area contributed by atoms with Crippen molar-refractivity contribution in [1.82, 2.24) is 69.4 Å². The summed E-state index contributed by atoms with van der Waals surface area (Å²) in [6.45, 7) is -1.77. The molecule has 11 N–H and O–H groups in total. The molecule has 0 aliphatic carbocycles. The number of nitrogens with two attached hydrogens (primary N) is 1. The topological polar surface area (TPSA) is 531 Å². The van der Waals surface area contributed by atoms with E-state index in [-0.39, 0.29) is 115 Å². The minimum atomic E-state index is -1.63.